The molecule has 2 fully saturated rings. The number of thioether (sulfide) groups is 1. The first-order valence-electron chi connectivity index (χ1n) is 8.98. The van der Waals surface area contributed by atoms with Crippen LogP contribution in [-0.2, 0) is 9.53 Å². The molecule has 1 amide bonds. The van der Waals surface area contributed by atoms with Crippen molar-refractivity contribution in [3.05, 3.63) is 29.8 Å². The maximum absolute atomic E-state index is 12.3. The molecule has 0 spiro atoms. The zero-order chi connectivity index (χ0) is 17.9. The Morgan fingerprint density at radius 3 is 2.77 bits per heavy atom. The Bertz CT molecular complexity index is 784. The van der Waals surface area contributed by atoms with Crippen LogP contribution in [0.3, 0.4) is 0 Å². The van der Waals surface area contributed by atoms with Gasteiger partial charge in [-0.2, -0.15) is 0 Å². The number of carbonyl (C=O) groups is 1. The fourth-order valence-corrected chi connectivity index (χ4v) is 3.83. The van der Waals surface area contributed by atoms with Gasteiger partial charge in [0.25, 0.3) is 0 Å². The molecule has 1 aromatic carbocycles. The summed E-state index contributed by atoms with van der Waals surface area (Å²) in [6.45, 7) is 5.10. The summed E-state index contributed by atoms with van der Waals surface area (Å²) >= 11 is 1.45. The van der Waals surface area contributed by atoms with Crippen molar-refractivity contribution in [1.82, 2.24) is 14.8 Å². The molecule has 8 heteroatoms. The minimum absolute atomic E-state index is 0.0254. The van der Waals surface area contributed by atoms with E-state index in [9.17, 15) is 4.79 Å². The summed E-state index contributed by atoms with van der Waals surface area (Å²) in [5.41, 5.74) is 1.91. The van der Waals surface area contributed by atoms with E-state index in [1.807, 2.05) is 31.2 Å². The van der Waals surface area contributed by atoms with E-state index in [0.29, 0.717) is 11.8 Å². The Balaban J connectivity index is 1.42. The van der Waals surface area contributed by atoms with Gasteiger partial charge in [-0.25, -0.2) is 0 Å². The fourth-order valence-electron chi connectivity index (χ4n) is 3.03. The van der Waals surface area contributed by atoms with E-state index in [2.05, 4.69) is 25.0 Å². The van der Waals surface area contributed by atoms with Crippen molar-refractivity contribution in [1.29, 1.82) is 0 Å². The number of ether oxygens (including phenoxy) is 1. The lowest BCUT2D eigenvalue weighted by Gasteiger charge is -2.27. The lowest BCUT2D eigenvalue weighted by molar-refractivity contribution is -0.113. The number of rotatable bonds is 6. The van der Waals surface area contributed by atoms with Crippen LogP contribution < -0.4 is 10.2 Å². The van der Waals surface area contributed by atoms with Gasteiger partial charge in [0.15, 0.2) is 5.16 Å². The second kappa shape index (κ2) is 7.67. The predicted octanol–water partition coefficient (Wildman–Crippen LogP) is 2.49. The first kappa shape index (κ1) is 17.4. The molecule has 1 saturated heterocycles. The van der Waals surface area contributed by atoms with Crippen LogP contribution in [0, 0.1) is 6.92 Å². The lowest BCUT2D eigenvalue weighted by atomic mass is 10.2. The number of para-hydroxylation sites is 1. The molecule has 0 radical (unpaired) electrons. The van der Waals surface area contributed by atoms with Gasteiger partial charge in [-0.1, -0.05) is 30.0 Å². The average Bonchev–Trinajstić information content (AvgIpc) is 3.42. The van der Waals surface area contributed by atoms with E-state index >= 15 is 0 Å². The van der Waals surface area contributed by atoms with Crippen LogP contribution in [0.1, 0.15) is 24.4 Å². The van der Waals surface area contributed by atoms with Crippen LogP contribution in [0.15, 0.2) is 29.4 Å². The molecule has 0 atom stereocenters. The van der Waals surface area contributed by atoms with E-state index in [4.69, 9.17) is 4.74 Å². The number of nitrogens with zero attached hydrogens (tertiary/aromatic N) is 4. The van der Waals surface area contributed by atoms with Crippen molar-refractivity contribution in [3.63, 3.8) is 0 Å². The Labute approximate surface area is 157 Å². The number of amides is 1. The topological polar surface area (TPSA) is 72.3 Å². The summed E-state index contributed by atoms with van der Waals surface area (Å²) in [5, 5.41) is 12.6. The second-order valence-electron chi connectivity index (χ2n) is 6.63. The molecule has 0 bridgehead atoms. The number of morpholine rings is 1. The molecule has 7 nitrogen and oxygen atoms in total. The second-order valence-corrected chi connectivity index (χ2v) is 7.58. The highest BCUT2D eigenvalue weighted by Gasteiger charge is 2.32. The van der Waals surface area contributed by atoms with Gasteiger partial charge < -0.3 is 15.0 Å². The van der Waals surface area contributed by atoms with Crippen molar-refractivity contribution in [2.45, 2.75) is 31.0 Å². The summed E-state index contributed by atoms with van der Waals surface area (Å²) in [5.74, 6) is 1.21. The van der Waals surface area contributed by atoms with Gasteiger partial charge in [-0.05, 0) is 31.4 Å². The van der Waals surface area contributed by atoms with Crippen molar-refractivity contribution < 1.29 is 9.53 Å². The highest BCUT2D eigenvalue weighted by molar-refractivity contribution is 7.99. The van der Waals surface area contributed by atoms with E-state index in [0.717, 1.165) is 61.5 Å². The maximum Gasteiger partial charge on any atom is 0.234 e. The average molecular weight is 373 g/mol. The quantitative estimate of drug-likeness (QED) is 0.785. The van der Waals surface area contributed by atoms with Gasteiger partial charge >= 0.3 is 0 Å². The zero-order valence-corrected chi connectivity index (χ0v) is 15.7. The molecule has 4 rings (SSSR count). The van der Waals surface area contributed by atoms with Crippen LogP contribution >= 0.6 is 11.8 Å². The molecular formula is C18H23N5O2S. The Morgan fingerprint density at radius 1 is 1.27 bits per heavy atom. The molecule has 1 saturated carbocycles. The maximum atomic E-state index is 12.3. The molecule has 2 aromatic rings. The van der Waals surface area contributed by atoms with Crippen LogP contribution in [0.2, 0.25) is 0 Å². The van der Waals surface area contributed by atoms with E-state index in [-0.39, 0.29) is 5.91 Å². The highest BCUT2D eigenvalue weighted by atomic mass is 32.2. The van der Waals surface area contributed by atoms with E-state index < -0.39 is 0 Å². The molecular weight excluding hydrogens is 350 g/mol. The Morgan fingerprint density at radius 2 is 2.04 bits per heavy atom. The lowest BCUT2D eigenvalue weighted by Crippen LogP contribution is -2.38. The third-order valence-corrected chi connectivity index (χ3v) is 5.55. The Hall–Kier alpha value is -2.06. The van der Waals surface area contributed by atoms with Crippen molar-refractivity contribution >= 4 is 29.3 Å². The minimum Gasteiger partial charge on any atom is -0.378 e. The molecule has 1 N–H and O–H groups in total. The molecule has 2 aliphatic rings. The fraction of sp³-hybridized carbons (Fsp3) is 0.500. The summed E-state index contributed by atoms with van der Waals surface area (Å²) in [6.07, 6.45) is 2.30. The van der Waals surface area contributed by atoms with Crippen molar-refractivity contribution in [3.8, 4) is 0 Å². The number of anilines is 2. The normalized spacial score (nSPS) is 17.3. The van der Waals surface area contributed by atoms with Crippen LogP contribution in [-0.4, -0.2) is 52.7 Å². The first-order valence-corrected chi connectivity index (χ1v) is 9.97. The van der Waals surface area contributed by atoms with Gasteiger partial charge in [-0.15, -0.1) is 10.2 Å². The third-order valence-electron chi connectivity index (χ3n) is 4.60. The van der Waals surface area contributed by atoms with Gasteiger partial charge in [-0.3, -0.25) is 9.36 Å². The number of hydrogen-bond acceptors (Lipinski definition) is 6. The molecule has 138 valence electrons. The SMILES string of the molecule is Cc1ccccc1NC(=O)CSc1nnc(N2CCOCC2)n1C1CC1. The molecule has 1 aliphatic carbocycles. The van der Waals surface area contributed by atoms with Gasteiger partial charge in [0.2, 0.25) is 11.9 Å². The number of carbonyl (C=O) groups excluding carboxylic acids is 1. The number of aromatic nitrogens is 3. The minimum atomic E-state index is -0.0254. The summed E-state index contributed by atoms with van der Waals surface area (Å²) in [4.78, 5) is 14.6. The monoisotopic (exact) mass is 373 g/mol. The zero-order valence-electron chi connectivity index (χ0n) is 14.9. The van der Waals surface area contributed by atoms with Crippen LogP contribution in [0.5, 0.6) is 0 Å². The highest BCUT2D eigenvalue weighted by Crippen LogP contribution is 2.41. The number of nitrogens with one attached hydrogen (secondary N) is 1. The Kier molecular flexibility index (Phi) is 5.12. The summed E-state index contributed by atoms with van der Waals surface area (Å²) in [7, 11) is 0. The molecule has 26 heavy (non-hydrogen) atoms. The van der Waals surface area contributed by atoms with Gasteiger partial charge in [0, 0.05) is 24.8 Å². The van der Waals surface area contributed by atoms with Crippen LogP contribution in [0.4, 0.5) is 11.6 Å². The van der Waals surface area contributed by atoms with E-state index in [1.165, 1.54) is 11.8 Å². The molecule has 2 heterocycles. The van der Waals surface area contributed by atoms with Crippen molar-refractivity contribution in [2.75, 3.05) is 42.3 Å². The van der Waals surface area contributed by atoms with E-state index in [1.54, 1.807) is 0 Å². The molecule has 1 aromatic heterocycles. The first-order chi connectivity index (χ1) is 12.7. The number of benzene rings is 1. The smallest absolute Gasteiger partial charge is 0.234 e. The molecule has 0 unspecified atom stereocenters. The van der Waals surface area contributed by atoms with Gasteiger partial charge in [0.1, 0.15) is 0 Å². The number of aryl methyl sites for hydroxylation is 1. The van der Waals surface area contributed by atoms with Gasteiger partial charge in [0.05, 0.1) is 19.0 Å². The standard InChI is InChI=1S/C18H23N5O2S/c1-13-4-2-3-5-15(13)19-16(24)12-26-18-21-20-17(23(18)14-6-7-14)22-8-10-25-11-9-22/h2-5,14H,6-12H2,1H3,(H,19,24). The number of hydrogen-bond donors (Lipinski definition) is 1. The predicted molar refractivity (Wildman–Crippen MR) is 102 cm³/mol. The van der Waals surface area contributed by atoms with Crippen molar-refractivity contribution in [2.24, 2.45) is 0 Å². The molecule has 1 aliphatic heterocycles. The summed E-state index contributed by atoms with van der Waals surface area (Å²) in [6, 6.07) is 8.26. The van der Waals surface area contributed by atoms with Crippen LogP contribution in [0.25, 0.3) is 0 Å². The third kappa shape index (κ3) is 3.86. The largest absolute Gasteiger partial charge is 0.378 e. The summed E-state index contributed by atoms with van der Waals surface area (Å²) < 4.78 is 7.64.